The highest BCUT2D eigenvalue weighted by Gasteiger charge is 2.14. The van der Waals surface area contributed by atoms with Gasteiger partial charge in [-0.05, 0) is 37.9 Å². The lowest BCUT2D eigenvalue weighted by Gasteiger charge is -2.20. The summed E-state index contributed by atoms with van der Waals surface area (Å²) in [5, 5.41) is 3.34. The van der Waals surface area contributed by atoms with Crippen molar-refractivity contribution < 1.29 is 0 Å². The van der Waals surface area contributed by atoms with Gasteiger partial charge >= 0.3 is 0 Å². The van der Waals surface area contributed by atoms with Crippen LogP contribution in [0.2, 0.25) is 0 Å². The van der Waals surface area contributed by atoms with Crippen LogP contribution in [0, 0.1) is 5.92 Å². The molecule has 19 heavy (non-hydrogen) atoms. The summed E-state index contributed by atoms with van der Waals surface area (Å²) in [6.45, 7) is 6.89. The number of nitrogens with zero attached hydrogens (tertiary/aromatic N) is 4. The molecule has 1 aliphatic heterocycles. The Balaban J connectivity index is 1.79. The summed E-state index contributed by atoms with van der Waals surface area (Å²) in [5.74, 6) is 2.27. The van der Waals surface area contributed by atoms with Gasteiger partial charge in [-0.3, -0.25) is 0 Å². The van der Waals surface area contributed by atoms with E-state index in [-0.39, 0.29) is 0 Å². The molecular weight excluding hydrogens is 238 g/mol. The molecule has 0 unspecified atom stereocenters. The Hall–Kier alpha value is -1.36. The number of aromatic nitrogens is 2. The molecular formula is C14H25N5. The smallest absolute Gasteiger partial charge is 0.224 e. The van der Waals surface area contributed by atoms with Gasteiger partial charge in [0.15, 0.2) is 0 Å². The standard InChI is InChI=1S/C14H25N5/c1-12(11-19-8-4-5-9-19)10-16-14-15-7-6-13(17-14)18(2)3/h6-7,12H,4-5,8-11H2,1-3H3,(H,15,16,17)/t12-/m0/s1. The van der Waals surface area contributed by atoms with Crippen LogP contribution in [0.1, 0.15) is 19.8 Å². The summed E-state index contributed by atoms with van der Waals surface area (Å²) in [6.07, 6.45) is 4.51. The predicted octanol–water partition coefficient (Wildman–Crippen LogP) is 1.69. The van der Waals surface area contributed by atoms with Crippen molar-refractivity contribution >= 4 is 11.8 Å². The molecule has 0 radical (unpaired) electrons. The monoisotopic (exact) mass is 263 g/mol. The van der Waals surface area contributed by atoms with Gasteiger partial charge in [-0.25, -0.2) is 4.98 Å². The summed E-state index contributed by atoms with van der Waals surface area (Å²) in [6, 6.07) is 1.92. The summed E-state index contributed by atoms with van der Waals surface area (Å²) in [7, 11) is 3.98. The van der Waals surface area contributed by atoms with Crippen molar-refractivity contribution in [3.63, 3.8) is 0 Å². The molecule has 106 valence electrons. The SMILES string of the molecule is C[C@@H](CNc1nccc(N(C)C)n1)CN1CCCC1. The maximum absolute atomic E-state index is 4.47. The minimum atomic E-state index is 0.615. The van der Waals surface area contributed by atoms with Crippen molar-refractivity contribution in [1.29, 1.82) is 0 Å². The van der Waals surface area contributed by atoms with Gasteiger partial charge in [0.25, 0.3) is 0 Å². The molecule has 0 aliphatic carbocycles. The van der Waals surface area contributed by atoms with E-state index in [0.29, 0.717) is 5.92 Å². The van der Waals surface area contributed by atoms with Crippen LogP contribution in [-0.2, 0) is 0 Å². The summed E-state index contributed by atoms with van der Waals surface area (Å²) in [5.41, 5.74) is 0. The molecule has 2 rings (SSSR count). The second kappa shape index (κ2) is 6.70. The van der Waals surface area contributed by atoms with Crippen molar-refractivity contribution in [2.45, 2.75) is 19.8 Å². The normalized spacial score (nSPS) is 17.4. The topological polar surface area (TPSA) is 44.3 Å². The van der Waals surface area contributed by atoms with Crippen molar-refractivity contribution in [2.24, 2.45) is 5.92 Å². The number of nitrogens with one attached hydrogen (secondary N) is 1. The molecule has 1 aliphatic rings. The van der Waals surface area contributed by atoms with Gasteiger partial charge in [0.05, 0.1) is 0 Å². The highest BCUT2D eigenvalue weighted by Crippen LogP contribution is 2.12. The Labute approximate surface area is 116 Å². The number of likely N-dealkylation sites (tertiary alicyclic amines) is 1. The van der Waals surface area contributed by atoms with Crippen LogP contribution < -0.4 is 10.2 Å². The second-order valence-corrected chi connectivity index (χ2v) is 5.63. The average Bonchev–Trinajstić information content (AvgIpc) is 2.89. The molecule has 5 heteroatoms. The lowest BCUT2D eigenvalue weighted by Crippen LogP contribution is -2.29. The van der Waals surface area contributed by atoms with Gasteiger partial charge in [-0.1, -0.05) is 6.92 Å². The van der Waals surface area contributed by atoms with Crippen LogP contribution in [-0.4, -0.2) is 55.1 Å². The molecule has 1 atom stereocenters. The molecule has 1 N–H and O–H groups in total. The fourth-order valence-corrected chi connectivity index (χ4v) is 2.42. The number of hydrogen-bond donors (Lipinski definition) is 1. The Bertz CT molecular complexity index is 387. The fourth-order valence-electron chi connectivity index (χ4n) is 2.42. The first-order valence-electron chi connectivity index (χ1n) is 7.12. The maximum atomic E-state index is 4.47. The Morgan fingerprint density at radius 1 is 1.37 bits per heavy atom. The van der Waals surface area contributed by atoms with Crippen molar-refractivity contribution in [2.75, 3.05) is 50.5 Å². The molecule has 2 heterocycles. The molecule has 0 spiro atoms. The molecule has 1 aromatic heterocycles. The van der Waals surface area contributed by atoms with Gasteiger partial charge in [0.2, 0.25) is 5.95 Å². The first-order chi connectivity index (χ1) is 9.15. The maximum Gasteiger partial charge on any atom is 0.224 e. The lowest BCUT2D eigenvalue weighted by atomic mass is 10.1. The van der Waals surface area contributed by atoms with Gasteiger partial charge in [-0.15, -0.1) is 0 Å². The number of hydrogen-bond acceptors (Lipinski definition) is 5. The first-order valence-corrected chi connectivity index (χ1v) is 7.12. The molecule has 0 bridgehead atoms. The van der Waals surface area contributed by atoms with Crippen LogP contribution in [0.4, 0.5) is 11.8 Å². The lowest BCUT2D eigenvalue weighted by molar-refractivity contribution is 0.294. The van der Waals surface area contributed by atoms with Crippen LogP contribution in [0.5, 0.6) is 0 Å². The summed E-state index contributed by atoms with van der Waals surface area (Å²) >= 11 is 0. The van der Waals surface area contributed by atoms with Crippen molar-refractivity contribution in [3.8, 4) is 0 Å². The van der Waals surface area contributed by atoms with E-state index in [2.05, 4.69) is 27.1 Å². The van der Waals surface area contributed by atoms with E-state index in [4.69, 9.17) is 0 Å². The molecule has 0 amide bonds. The van der Waals surface area contributed by atoms with E-state index in [9.17, 15) is 0 Å². The van der Waals surface area contributed by atoms with Crippen LogP contribution in [0.15, 0.2) is 12.3 Å². The van der Waals surface area contributed by atoms with Crippen molar-refractivity contribution in [3.05, 3.63) is 12.3 Å². The van der Waals surface area contributed by atoms with E-state index in [0.717, 1.165) is 18.3 Å². The zero-order chi connectivity index (χ0) is 13.7. The van der Waals surface area contributed by atoms with Gasteiger partial charge in [-0.2, -0.15) is 4.98 Å². The Kier molecular flexibility index (Phi) is 4.96. The fraction of sp³-hybridized carbons (Fsp3) is 0.714. The third-order valence-corrected chi connectivity index (χ3v) is 3.48. The Morgan fingerprint density at radius 3 is 2.79 bits per heavy atom. The average molecular weight is 263 g/mol. The second-order valence-electron chi connectivity index (χ2n) is 5.63. The quantitative estimate of drug-likeness (QED) is 0.846. The highest BCUT2D eigenvalue weighted by atomic mass is 15.2. The summed E-state index contributed by atoms with van der Waals surface area (Å²) in [4.78, 5) is 13.3. The van der Waals surface area contributed by atoms with Crippen LogP contribution in [0.25, 0.3) is 0 Å². The van der Waals surface area contributed by atoms with Crippen molar-refractivity contribution in [1.82, 2.24) is 14.9 Å². The van der Waals surface area contributed by atoms with E-state index >= 15 is 0 Å². The molecule has 1 saturated heterocycles. The first kappa shape index (κ1) is 14.1. The third-order valence-electron chi connectivity index (χ3n) is 3.48. The Morgan fingerprint density at radius 2 is 2.11 bits per heavy atom. The van der Waals surface area contributed by atoms with E-state index in [1.165, 1.54) is 32.5 Å². The number of rotatable bonds is 6. The zero-order valence-electron chi connectivity index (χ0n) is 12.3. The molecule has 1 fully saturated rings. The van der Waals surface area contributed by atoms with Gasteiger partial charge < -0.3 is 15.1 Å². The molecule has 0 saturated carbocycles. The van der Waals surface area contributed by atoms with Gasteiger partial charge in [0.1, 0.15) is 5.82 Å². The largest absolute Gasteiger partial charge is 0.363 e. The summed E-state index contributed by atoms with van der Waals surface area (Å²) < 4.78 is 0. The van der Waals surface area contributed by atoms with E-state index < -0.39 is 0 Å². The van der Waals surface area contributed by atoms with Crippen LogP contribution in [0.3, 0.4) is 0 Å². The minimum absolute atomic E-state index is 0.615. The highest BCUT2D eigenvalue weighted by molar-refractivity contribution is 5.40. The zero-order valence-corrected chi connectivity index (χ0v) is 12.3. The van der Waals surface area contributed by atoms with E-state index in [1.807, 2.05) is 25.1 Å². The minimum Gasteiger partial charge on any atom is -0.363 e. The molecule has 1 aromatic rings. The predicted molar refractivity (Wildman–Crippen MR) is 79.7 cm³/mol. The third kappa shape index (κ3) is 4.35. The van der Waals surface area contributed by atoms with Gasteiger partial charge in [0, 0.05) is 33.4 Å². The number of anilines is 2. The molecule has 0 aromatic carbocycles. The van der Waals surface area contributed by atoms with E-state index in [1.54, 1.807) is 6.20 Å². The molecule has 5 nitrogen and oxygen atoms in total. The van der Waals surface area contributed by atoms with Crippen LogP contribution >= 0.6 is 0 Å².